The largest absolute Gasteiger partial charge is 0.508 e. The number of nitrogens with one attached hydrogen (secondary N) is 1. The Labute approximate surface area is 119 Å². The highest BCUT2D eigenvalue weighted by Crippen LogP contribution is 2.22. The van der Waals surface area contributed by atoms with Crippen molar-refractivity contribution in [2.24, 2.45) is 0 Å². The quantitative estimate of drug-likeness (QED) is 0.726. The summed E-state index contributed by atoms with van der Waals surface area (Å²) in [6.45, 7) is 4.08. The molecule has 0 aliphatic heterocycles. The van der Waals surface area contributed by atoms with Crippen LogP contribution in [0.2, 0.25) is 0 Å². The van der Waals surface area contributed by atoms with Gasteiger partial charge in [-0.15, -0.1) is 0 Å². The van der Waals surface area contributed by atoms with Crippen molar-refractivity contribution in [2.45, 2.75) is 26.0 Å². The molecule has 1 aromatic heterocycles. The second-order valence-corrected chi connectivity index (χ2v) is 4.72. The van der Waals surface area contributed by atoms with Gasteiger partial charge in [0.15, 0.2) is 0 Å². The smallest absolute Gasteiger partial charge is 0.129 e. The van der Waals surface area contributed by atoms with E-state index in [0.29, 0.717) is 19.0 Å². The number of para-hydroxylation sites is 1. The van der Waals surface area contributed by atoms with Gasteiger partial charge in [-0.2, -0.15) is 0 Å². The molecular weight excluding hydrogens is 254 g/mol. The van der Waals surface area contributed by atoms with Gasteiger partial charge in [-0.05, 0) is 38.1 Å². The predicted octanol–water partition coefficient (Wildman–Crippen LogP) is 3.24. The zero-order chi connectivity index (χ0) is 14.2. The standard InChI is InChI=1S/C16H21NO3/c1-13(15-7-2-3-8-16(15)18)17-9-5-10-19-12-14-6-4-11-20-14/h2-4,6-8,11,13,17-18H,5,9-10,12H2,1H3. The fourth-order valence-electron chi connectivity index (χ4n) is 2.02. The van der Waals surface area contributed by atoms with E-state index in [0.717, 1.165) is 24.3 Å². The number of aromatic hydroxyl groups is 1. The Kier molecular flexibility index (Phi) is 5.65. The number of hydrogen-bond donors (Lipinski definition) is 2. The fraction of sp³-hybridized carbons (Fsp3) is 0.375. The summed E-state index contributed by atoms with van der Waals surface area (Å²) in [5, 5.41) is 13.1. The number of ether oxygens (including phenoxy) is 1. The first kappa shape index (κ1) is 14.6. The minimum absolute atomic E-state index is 0.126. The van der Waals surface area contributed by atoms with Crippen LogP contribution >= 0.6 is 0 Å². The highest BCUT2D eigenvalue weighted by molar-refractivity contribution is 5.34. The summed E-state index contributed by atoms with van der Waals surface area (Å²) in [5.41, 5.74) is 0.920. The zero-order valence-electron chi connectivity index (χ0n) is 11.7. The Morgan fingerprint density at radius 2 is 2.10 bits per heavy atom. The third-order valence-corrected chi connectivity index (χ3v) is 3.14. The topological polar surface area (TPSA) is 54.6 Å². The molecule has 20 heavy (non-hydrogen) atoms. The monoisotopic (exact) mass is 275 g/mol. The lowest BCUT2D eigenvalue weighted by atomic mass is 10.1. The lowest BCUT2D eigenvalue weighted by Crippen LogP contribution is -2.21. The van der Waals surface area contributed by atoms with Crippen molar-refractivity contribution < 1.29 is 14.3 Å². The van der Waals surface area contributed by atoms with Crippen molar-refractivity contribution in [3.05, 3.63) is 54.0 Å². The van der Waals surface area contributed by atoms with Crippen LogP contribution in [-0.4, -0.2) is 18.3 Å². The Morgan fingerprint density at radius 3 is 2.85 bits per heavy atom. The molecule has 4 nitrogen and oxygen atoms in total. The molecule has 0 radical (unpaired) electrons. The number of rotatable bonds is 8. The van der Waals surface area contributed by atoms with Crippen LogP contribution < -0.4 is 5.32 Å². The van der Waals surface area contributed by atoms with Gasteiger partial charge in [-0.25, -0.2) is 0 Å². The van der Waals surface area contributed by atoms with Crippen molar-refractivity contribution in [2.75, 3.05) is 13.2 Å². The van der Waals surface area contributed by atoms with Crippen LogP contribution in [-0.2, 0) is 11.3 Å². The summed E-state index contributed by atoms with van der Waals surface area (Å²) >= 11 is 0. The molecule has 1 unspecified atom stereocenters. The number of hydrogen-bond acceptors (Lipinski definition) is 4. The van der Waals surface area contributed by atoms with Crippen LogP contribution in [0.15, 0.2) is 47.1 Å². The number of furan rings is 1. The van der Waals surface area contributed by atoms with Crippen LogP contribution in [0.4, 0.5) is 0 Å². The van der Waals surface area contributed by atoms with E-state index in [9.17, 15) is 5.11 Å². The molecular formula is C16H21NO3. The van der Waals surface area contributed by atoms with Crippen LogP contribution in [0, 0.1) is 0 Å². The van der Waals surface area contributed by atoms with Gasteiger partial charge in [0, 0.05) is 18.2 Å². The molecule has 2 N–H and O–H groups in total. The van der Waals surface area contributed by atoms with Gasteiger partial charge in [0.1, 0.15) is 18.1 Å². The first-order chi connectivity index (χ1) is 9.77. The summed E-state index contributed by atoms with van der Waals surface area (Å²) in [6.07, 6.45) is 2.56. The van der Waals surface area contributed by atoms with Gasteiger partial charge in [0.2, 0.25) is 0 Å². The molecule has 0 spiro atoms. The first-order valence-electron chi connectivity index (χ1n) is 6.89. The molecule has 0 aliphatic rings. The molecule has 2 aromatic rings. The van der Waals surface area contributed by atoms with E-state index < -0.39 is 0 Å². The van der Waals surface area contributed by atoms with E-state index in [1.165, 1.54) is 0 Å². The zero-order valence-corrected chi connectivity index (χ0v) is 11.7. The number of benzene rings is 1. The molecule has 108 valence electrons. The summed E-state index contributed by atoms with van der Waals surface area (Å²) in [5.74, 6) is 1.18. The van der Waals surface area contributed by atoms with E-state index in [1.54, 1.807) is 12.3 Å². The van der Waals surface area contributed by atoms with Gasteiger partial charge in [0.25, 0.3) is 0 Å². The Bertz CT molecular complexity index is 496. The van der Waals surface area contributed by atoms with E-state index in [2.05, 4.69) is 5.32 Å². The minimum Gasteiger partial charge on any atom is -0.508 e. The molecule has 0 saturated carbocycles. The third kappa shape index (κ3) is 4.40. The first-order valence-corrected chi connectivity index (χ1v) is 6.89. The molecule has 1 atom stereocenters. The second kappa shape index (κ2) is 7.72. The number of phenols is 1. The molecule has 0 fully saturated rings. The van der Waals surface area contributed by atoms with Crippen LogP contribution in [0.25, 0.3) is 0 Å². The average Bonchev–Trinajstić information content (AvgIpc) is 2.96. The van der Waals surface area contributed by atoms with Crippen LogP contribution in [0.3, 0.4) is 0 Å². The maximum absolute atomic E-state index is 9.75. The summed E-state index contributed by atoms with van der Waals surface area (Å²) in [6, 6.07) is 11.3. The Hall–Kier alpha value is -1.78. The van der Waals surface area contributed by atoms with Crippen molar-refractivity contribution in [1.29, 1.82) is 0 Å². The molecule has 0 bridgehead atoms. The second-order valence-electron chi connectivity index (χ2n) is 4.72. The fourth-order valence-corrected chi connectivity index (χ4v) is 2.02. The lowest BCUT2D eigenvalue weighted by molar-refractivity contribution is 0.103. The van der Waals surface area contributed by atoms with E-state index in [-0.39, 0.29) is 6.04 Å². The van der Waals surface area contributed by atoms with Crippen molar-refractivity contribution in [3.63, 3.8) is 0 Å². The predicted molar refractivity (Wildman–Crippen MR) is 77.5 cm³/mol. The average molecular weight is 275 g/mol. The molecule has 0 saturated heterocycles. The molecule has 0 amide bonds. The van der Waals surface area contributed by atoms with Gasteiger partial charge in [-0.1, -0.05) is 18.2 Å². The summed E-state index contributed by atoms with van der Waals surface area (Å²) < 4.78 is 10.7. The SMILES string of the molecule is CC(NCCCOCc1ccco1)c1ccccc1O. The molecule has 1 aromatic carbocycles. The van der Waals surface area contributed by atoms with Crippen molar-refractivity contribution in [1.82, 2.24) is 5.32 Å². The van der Waals surface area contributed by atoms with Crippen LogP contribution in [0.1, 0.15) is 30.7 Å². The van der Waals surface area contributed by atoms with E-state index in [4.69, 9.17) is 9.15 Å². The minimum atomic E-state index is 0.126. The normalized spacial score (nSPS) is 12.4. The van der Waals surface area contributed by atoms with Crippen LogP contribution in [0.5, 0.6) is 5.75 Å². The van der Waals surface area contributed by atoms with E-state index >= 15 is 0 Å². The molecule has 4 heteroatoms. The molecule has 1 heterocycles. The van der Waals surface area contributed by atoms with Crippen molar-refractivity contribution in [3.8, 4) is 5.75 Å². The van der Waals surface area contributed by atoms with E-state index in [1.807, 2.05) is 37.3 Å². The maximum Gasteiger partial charge on any atom is 0.129 e. The Morgan fingerprint density at radius 1 is 1.25 bits per heavy atom. The van der Waals surface area contributed by atoms with Gasteiger partial charge in [-0.3, -0.25) is 0 Å². The molecule has 0 aliphatic carbocycles. The summed E-state index contributed by atoms with van der Waals surface area (Å²) in [7, 11) is 0. The maximum atomic E-state index is 9.75. The van der Waals surface area contributed by atoms with Gasteiger partial charge >= 0.3 is 0 Å². The van der Waals surface area contributed by atoms with Gasteiger partial charge < -0.3 is 19.6 Å². The van der Waals surface area contributed by atoms with Crippen molar-refractivity contribution >= 4 is 0 Å². The highest BCUT2D eigenvalue weighted by Gasteiger charge is 2.08. The molecule has 2 rings (SSSR count). The van der Waals surface area contributed by atoms with Gasteiger partial charge in [0.05, 0.1) is 6.26 Å². The highest BCUT2D eigenvalue weighted by atomic mass is 16.5. The summed E-state index contributed by atoms with van der Waals surface area (Å²) in [4.78, 5) is 0. The number of phenolic OH excluding ortho intramolecular Hbond substituents is 1. The lowest BCUT2D eigenvalue weighted by Gasteiger charge is -2.15. The third-order valence-electron chi connectivity index (χ3n) is 3.14. The Balaban J connectivity index is 1.60.